The van der Waals surface area contributed by atoms with Crippen molar-refractivity contribution in [1.82, 2.24) is 15.3 Å². The van der Waals surface area contributed by atoms with Crippen LogP contribution in [0.4, 0.5) is 5.95 Å². The molecule has 0 bridgehead atoms. The average molecular weight is 306 g/mol. The highest BCUT2D eigenvalue weighted by atomic mass is 16.5. The third-order valence-electron chi connectivity index (χ3n) is 3.57. The third kappa shape index (κ3) is 4.17. The number of aromatic nitrogens is 2. The molecule has 2 N–H and O–H groups in total. The van der Waals surface area contributed by atoms with Gasteiger partial charge in [0.15, 0.2) is 0 Å². The number of amides is 1. The molecular formula is C15H22N4O3. The molecule has 1 saturated heterocycles. The van der Waals surface area contributed by atoms with Crippen molar-refractivity contribution in [2.75, 3.05) is 37.7 Å². The van der Waals surface area contributed by atoms with E-state index in [0.717, 1.165) is 0 Å². The van der Waals surface area contributed by atoms with Crippen molar-refractivity contribution < 1.29 is 9.53 Å². The van der Waals surface area contributed by atoms with E-state index in [1.807, 2.05) is 4.90 Å². The maximum Gasteiger partial charge on any atom is 0.255 e. The summed E-state index contributed by atoms with van der Waals surface area (Å²) in [5.41, 5.74) is 1.05. The second kappa shape index (κ2) is 7.74. The number of nitrogens with one attached hydrogen (secondary N) is 2. The molecule has 1 aliphatic rings. The first-order valence-electron chi connectivity index (χ1n) is 7.42. The van der Waals surface area contributed by atoms with Gasteiger partial charge < -0.3 is 15.0 Å². The van der Waals surface area contributed by atoms with Crippen LogP contribution in [0.25, 0.3) is 0 Å². The summed E-state index contributed by atoms with van der Waals surface area (Å²) in [6.07, 6.45) is 2.26. The molecule has 0 unspecified atom stereocenters. The largest absolute Gasteiger partial charge is 0.378 e. The fraction of sp³-hybridized carbons (Fsp3) is 0.533. The Morgan fingerprint density at radius 2 is 2.23 bits per heavy atom. The highest BCUT2D eigenvalue weighted by Gasteiger charge is 2.16. The standard InChI is InChI=1S/C15H22N4O3/c1-3-6-16-13(20)5-4-12-11(2)17-15(18-14(12)21)19-7-9-22-10-8-19/h3H,1,4-10H2,2H3,(H,16,20)(H,17,18,21). The third-order valence-corrected chi connectivity index (χ3v) is 3.57. The van der Waals surface area contributed by atoms with Gasteiger partial charge in [-0.1, -0.05) is 6.08 Å². The minimum atomic E-state index is -0.175. The van der Waals surface area contributed by atoms with Crippen LogP contribution in [0.1, 0.15) is 17.7 Å². The molecule has 1 aromatic heterocycles. The van der Waals surface area contributed by atoms with Crippen LogP contribution >= 0.6 is 0 Å². The van der Waals surface area contributed by atoms with Crippen LogP contribution < -0.4 is 15.8 Å². The first kappa shape index (κ1) is 16.2. The molecule has 2 heterocycles. The molecule has 0 atom stereocenters. The van der Waals surface area contributed by atoms with Crippen molar-refractivity contribution in [1.29, 1.82) is 0 Å². The predicted molar refractivity (Wildman–Crippen MR) is 84.2 cm³/mol. The molecule has 7 heteroatoms. The van der Waals surface area contributed by atoms with Crippen LogP contribution in [0.3, 0.4) is 0 Å². The molecule has 7 nitrogen and oxygen atoms in total. The molecule has 0 aliphatic carbocycles. The van der Waals surface area contributed by atoms with E-state index < -0.39 is 0 Å². The summed E-state index contributed by atoms with van der Waals surface area (Å²) in [7, 11) is 0. The smallest absolute Gasteiger partial charge is 0.255 e. The van der Waals surface area contributed by atoms with Crippen molar-refractivity contribution in [3.63, 3.8) is 0 Å². The monoisotopic (exact) mass is 306 g/mol. The van der Waals surface area contributed by atoms with Crippen LogP contribution in [0.2, 0.25) is 0 Å². The minimum Gasteiger partial charge on any atom is -0.378 e. The van der Waals surface area contributed by atoms with Gasteiger partial charge >= 0.3 is 0 Å². The molecule has 120 valence electrons. The molecule has 0 spiro atoms. The van der Waals surface area contributed by atoms with Gasteiger partial charge in [-0.3, -0.25) is 14.6 Å². The number of rotatable bonds is 6. The van der Waals surface area contributed by atoms with E-state index in [0.29, 0.717) is 56.5 Å². The van der Waals surface area contributed by atoms with E-state index in [4.69, 9.17) is 4.74 Å². The van der Waals surface area contributed by atoms with Gasteiger partial charge in [0.2, 0.25) is 11.9 Å². The summed E-state index contributed by atoms with van der Waals surface area (Å²) in [6.45, 7) is 8.47. The molecule has 1 amide bonds. The van der Waals surface area contributed by atoms with Gasteiger partial charge in [-0.15, -0.1) is 6.58 Å². The molecular weight excluding hydrogens is 284 g/mol. The lowest BCUT2D eigenvalue weighted by Gasteiger charge is -2.27. The highest BCUT2D eigenvalue weighted by Crippen LogP contribution is 2.11. The quantitative estimate of drug-likeness (QED) is 0.731. The zero-order valence-electron chi connectivity index (χ0n) is 12.9. The first-order chi connectivity index (χ1) is 10.6. The summed E-state index contributed by atoms with van der Waals surface area (Å²) in [4.78, 5) is 33.1. The van der Waals surface area contributed by atoms with Gasteiger partial charge in [-0.25, -0.2) is 4.98 Å². The summed E-state index contributed by atoms with van der Waals surface area (Å²) in [5, 5.41) is 2.69. The predicted octanol–water partition coefficient (Wildman–Crippen LogP) is 0.150. The van der Waals surface area contributed by atoms with Gasteiger partial charge in [0, 0.05) is 37.3 Å². The van der Waals surface area contributed by atoms with Crippen molar-refractivity contribution in [3.8, 4) is 0 Å². The number of morpholine rings is 1. The number of H-pyrrole nitrogens is 1. The zero-order valence-corrected chi connectivity index (χ0v) is 12.9. The van der Waals surface area contributed by atoms with Crippen molar-refractivity contribution >= 4 is 11.9 Å². The normalized spacial score (nSPS) is 14.7. The Morgan fingerprint density at radius 3 is 2.86 bits per heavy atom. The summed E-state index contributed by atoms with van der Waals surface area (Å²) in [5.74, 6) is 0.474. The Hall–Kier alpha value is -2.15. The zero-order chi connectivity index (χ0) is 15.9. The lowest BCUT2D eigenvalue weighted by molar-refractivity contribution is -0.120. The molecule has 1 fully saturated rings. The van der Waals surface area contributed by atoms with Gasteiger partial charge in [0.1, 0.15) is 0 Å². The number of aromatic amines is 1. The second-order valence-corrected chi connectivity index (χ2v) is 5.15. The fourth-order valence-corrected chi connectivity index (χ4v) is 2.33. The molecule has 0 radical (unpaired) electrons. The average Bonchev–Trinajstić information content (AvgIpc) is 2.52. The highest BCUT2D eigenvalue weighted by molar-refractivity contribution is 5.76. The van der Waals surface area contributed by atoms with E-state index in [-0.39, 0.29) is 17.9 Å². The summed E-state index contributed by atoms with van der Waals surface area (Å²) < 4.78 is 5.29. The topological polar surface area (TPSA) is 87.3 Å². The van der Waals surface area contributed by atoms with Crippen molar-refractivity contribution in [2.24, 2.45) is 0 Å². The van der Waals surface area contributed by atoms with Gasteiger partial charge in [-0.2, -0.15) is 0 Å². The van der Waals surface area contributed by atoms with E-state index in [9.17, 15) is 9.59 Å². The Labute approximate surface area is 129 Å². The Bertz CT molecular complexity index is 591. The van der Waals surface area contributed by atoms with Crippen molar-refractivity contribution in [2.45, 2.75) is 19.8 Å². The van der Waals surface area contributed by atoms with Crippen LogP contribution in [-0.2, 0) is 16.0 Å². The second-order valence-electron chi connectivity index (χ2n) is 5.15. The number of nitrogens with zero attached hydrogens (tertiary/aromatic N) is 2. The van der Waals surface area contributed by atoms with Crippen LogP contribution in [0, 0.1) is 6.92 Å². The fourth-order valence-electron chi connectivity index (χ4n) is 2.33. The minimum absolute atomic E-state index is 0.101. The molecule has 0 saturated carbocycles. The van der Waals surface area contributed by atoms with Gasteiger partial charge in [0.25, 0.3) is 5.56 Å². The number of carbonyl (C=O) groups excluding carboxylic acids is 1. The van der Waals surface area contributed by atoms with Crippen LogP contribution in [-0.4, -0.2) is 48.7 Å². The SMILES string of the molecule is C=CCNC(=O)CCc1c(C)nc(N2CCOCC2)[nH]c1=O. The van der Waals surface area contributed by atoms with E-state index >= 15 is 0 Å². The Kier molecular flexibility index (Phi) is 5.71. The number of hydrogen-bond donors (Lipinski definition) is 2. The number of anilines is 1. The van der Waals surface area contributed by atoms with E-state index in [1.165, 1.54) is 0 Å². The Morgan fingerprint density at radius 1 is 1.50 bits per heavy atom. The molecule has 1 aromatic rings. The summed E-state index contributed by atoms with van der Waals surface area (Å²) >= 11 is 0. The van der Waals surface area contributed by atoms with Gasteiger partial charge in [0.05, 0.1) is 13.2 Å². The Balaban J connectivity index is 2.05. The lowest BCUT2D eigenvalue weighted by atomic mass is 10.1. The molecule has 2 rings (SSSR count). The maximum absolute atomic E-state index is 12.2. The summed E-state index contributed by atoms with van der Waals surface area (Å²) in [6, 6.07) is 0. The number of aryl methyl sites for hydroxylation is 1. The molecule has 22 heavy (non-hydrogen) atoms. The first-order valence-corrected chi connectivity index (χ1v) is 7.42. The van der Waals surface area contributed by atoms with E-state index in [1.54, 1.807) is 13.0 Å². The maximum atomic E-state index is 12.2. The van der Waals surface area contributed by atoms with Crippen LogP contribution in [0.15, 0.2) is 17.4 Å². The lowest BCUT2D eigenvalue weighted by Crippen LogP contribution is -2.38. The van der Waals surface area contributed by atoms with Gasteiger partial charge in [-0.05, 0) is 13.3 Å². The van der Waals surface area contributed by atoms with Crippen molar-refractivity contribution in [3.05, 3.63) is 34.3 Å². The number of ether oxygens (including phenoxy) is 1. The molecule has 0 aromatic carbocycles. The van der Waals surface area contributed by atoms with Crippen LogP contribution in [0.5, 0.6) is 0 Å². The van der Waals surface area contributed by atoms with E-state index in [2.05, 4.69) is 21.9 Å². The number of carbonyl (C=O) groups is 1. The molecule has 1 aliphatic heterocycles. The number of hydrogen-bond acceptors (Lipinski definition) is 5.